The average molecular weight is 314 g/mol. The molecule has 0 spiro atoms. The molecule has 0 atom stereocenters. The maximum Gasteiger partial charge on any atom is 0.178 e. The molecule has 2 rings (SSSR count). The number of anilines is 1. The van der Waals surface area contributed by atoms with Gasteiger partial charge >= 0.3 is 0 Å². The zero-order valence-corrected chi connectivity index (χ0v) is 10.9. The van der Waals surface area contributed by atoms with Gasteiger partial charge in [0.05, 0.1) is 5.69 Å². The fourth-order valence-corrected chi connectivity index (χ4v) is 1.80. The fourth-order valence-electron chi connectivity index (χ4n) is 1.47. The Morgan fingerprint density at radius 1 is 1.11 bits per heavy atom. The summed E-state index contributed by atoms with van der Waals surface area (Å²) in [6.45, 7) is -0.0791. The van der Waals surface area contributed by atoms with Crippen LogP contribution < -0.4 is 10.5 Å². The Morgan fingerprint density at radius 3 is 2.56 bits per heavy atom. The Labute approximate surface area is 112 Å². The second-order valence-electron chi connectivity index (χ2n) is 3.68. The molecule has 0 aliphatic rings. The molecule has 0 amide bonds. The smallest absolute Gasteiger partial charge is 0.178 e. The van der Waals surface area contributed by atoms with E-state index in [4.69, 9.17) is 10.5 Å². The lowest BCUT2D eigenvalue weighted by molar-refractivity contribution is 0.286. The van der Waals surface area contributed by atoms with Crippen molar-refractivity contribution in [2.75, 3.05) is 5.73 Å². The second-order valence-corrected chi connectivity index (χ2v) is 4.60. The van der Waals surface area contributed by atoms with Gasteiger partial charge < -0.3 is 10.5 Å². The fraction of sp³-hybridized carbons (Fsp3) is 0.0769. The minimum Gasteiger partial charge on any atom is -0.484 e. The van der Waals surface area contributed by atoms with Gasteiger partial charge in [-0.25, -0.2) is 8.78 Å². The molecule has 0 saturated carbocycles. The first-order chi connectivity index (χ1) is 8.58. The van der Waals surface area contributed by atoms with Gasteiger partial charge in [0.1, 0.15) is 12.4 Å². The Bertz CT molecular complexity index is 555. The van der Waals surface area contributed by atoms with Crippen molar-refractivity contribution in [3.63, 3.8) is 0 Å². The summed E-state index contributed by atoms with van der Waals surface area (Å²) in [5, 5.41) is 0. The number of para-hydroxylation sites is 1. The van der Waals surface area contributed by atoms with Crippen LogP contribution in [0.4, 0.5) is 14.5 Å². The van der Waals surface area contributed by atoms with Crippen molar-refractivity contribution in [1.29, 1.82) is 0 Å². The zero-order valence-electron chi connectivity index (χ0n) is 9.29. The Morgan fingerprint density at radius 2 is 1.89 bits per heavy atom. The van der Waals surface area contributed by atoms with Crippen LogP contribution >= 0.6 is 15.9 Å². The minimum absolute atomic E-state index is 0.0557. The Kier molecular flexibility index (Phi) is 3.81. The van der Waals surface area contributed by atoms with E-state index >= 15 is 0 Å². The van der Waals surface area contributed by atoms with E-state index in [2.05, 4.69) is 15.9 Å². The SMILES string of the molecule is Nc1cccc(F)c1OCc1ccc(Br)cc1F. The monoisotopic (exact) mass is 313 g/mol. The second kappa shape index (κ2) is 5.35. The van der Waals surface area contributed by atoms with Crippen molar-refractivity contribution in [2.24, 2.45) is 0 Å². The number of hydrogen-bond acceptors (Lipinski definition) is 2. The van der Waals surface area contributed by atoms with Gasteiger partial charge in [-0.1, -0.05) is 28.1 Å². The molecule has 0 unspecified atom stereocenters. The van der Waals surface area contributed by atoms with Gasteiger partial charge in [-0.2, -0.15) is 0 Å². The van der Waals surface area contributed by atoms with Gasteiger partial charge in [0.25, 0.3) is 0 Å². The van der Waals surface area contributed by atoms with Crippen LogP contribution in [0, 0.1) is 11.6 Å². The molecule has 0 heterocycles. The molecular formula is C13H10BrF2NO. The van der Waals surface area contributed by atoms with Crippen LogP contribution in [0.15, 0.2) is 40.9 Å². The number of halogens is 3. The first-order valence-corrected chi connectivity index (χ1v) is 5.98. The van der Waals surface area contributed by atoms with Crippen LogP contribution in [0.25, 0.3) is 0 Å². The van der Waals surface area contributed by atoms with E-state index in [-0.39, 0.29) is 18.0 Å². The number of ether oxygens (including phenoxy) is 1. The first-order valence-electron chi connectivity index (χ1n) is 5.18. The summed E-state index contributed by atoms with van der Waals surface area (Å²) in [4.78, 5) is 0. The number of nitrogens with two attached hydrogens (primary N) is 1. The molecular weight excluding hydrogens is 304 g/mol. The average Bonchev–Trinajstić information content (AvgIpc) is 2.31. The van der Waals surface area contributed by atoms with Crippen molar-refractivity contribution < 1.29 is 13.5 Å². The van der Waals surface area contributed by atoms with Crippen molar-refractivity contribution in [3.05, 3.63) is 58.1 Å². The third kappa shape index (κ3) is 2.79. The predicted molar refractivity (Wildman–Crippen MR) is 69.2 cm³/mol. The quantitative estimate of drug-likeness (QED) is 0.873. The van der Waals surface area contributed by atoms with E-state index in [1.165, 1.54) is 24.3 Å². The maximum atomic E-state index is 13.5. The summed E-state index contributed by atoms with van der Waals surface area (Å²) in [5.74, 6) is -1.04. The Balaban J connectivity index is 2.16. The molecule has 0 fully saturated rings. The van der Waals surface area contributed by atoms with Gasteiger partial charge in [-0.3, -0.25) is 0 Å². The normalized spacial score (nSPS) is 10.4. The summed E-state index contributed by atoms with van der Waals surface area (Å²) < 4.78 is 32.8. The third-order valence-corrected chi connectivity index (χ3v) is 2.88. The standard InChI is InChI=1S/C13H10BrF2NO/c14-9-5-4-8(11(16)6-9)7-18-13-10(15)2-1-3-12(13)17/h1-6H,7,17H2. The lowest BCUT2D eigenvalue weighted by atomic mass is 10.2. The highest BCUT2D eigenvalue weighted by molar-refractivity contribution is 9.10. The molecule has 94 valence electrons. The van der Waals surface area contributed by atoms with Crippen LogP contribution in [-0.2, 0) is 6.61 Å². The van der Waals surface area contributed by atoms with E-state index in [0.717, 1.165) is 0 Å². The van der Waals surface area contributed by atoms with Crippen LogP contribution in [-0.4, -0.2) is 0 Å². The molecule has 2 aromatic rings. The molecule has 2 aromatic carbocycles. The van der Waals surface area contributed by atoms with E-state index in [1.54, 1.807) is 12.1 Å². The number of benzene rings is 2. The molecule has 0 aliphatic carbocycles. The topological polar surface area (TPSA) is 35.2 Å². The Hall–Kier alpha value is -1.62. The van der Waals surface area contributed by atoms with Crippen LogP contribution in [0.5, 0.6) is 5.75 Å². The zero-order chi connectivity index (χ0) is 13.1. The van der Waals surface area contributed by atoms with Gasteiger partial charge in [-0.15, -0.1) is 0 Å². The van der Waals surface area contributed by atoms with E-state index in [9.17, 15) is 8.78 Å². The van der Waals surface area contributed by atoms with Crippen LogP contribution in [0.3, 0.4) is 0 Å². The molecule has 0 aromatic heterocycles. The lowest BCUT2D eigenvalue weighted by Crippen LogP contribution is -2.02. The largest absolute Gasteiger partial charge is 0.484 e. The first kappa shape index (κ1) is 12.8. The highest BCUT2D eigenvalue weighted by atomic mass is 79.9. The summed E-state index contributed by atoms with van der Waals surface area (Å²) in [7, 11) is 0. The molecule has 2 N–H and O–H groups in total. The van der Waals surface area contributed by atoms with Crippen molar-refractivity contribution >= 4 is 21.6 Å². The molecule has 0 radical (unpaired) electrons. The third-order valence-electron chi connectivity index (χ3n) is 2.38. The lowest BCUT2D eigenvalue weighted by Gasteiger charge is -2.10. The minimum atomic E-state index is -0.562. The van der Waals surface area contributed by atoms with Crippen molar-refractivity contribution in [1.82, 2.24) is 0 Å². The summed E-state index contributed by atoms with van der Waals surface area (Å²) >= 11 is 3.15. The summed E-state index contributed by atoms with van der Waals surface area (Å²) in [6.07, 6.45) is 0. The molecule has 0 saturated heterocycles. The van der Waals surface area contributed by atoms with E-state index in [0.29, 0.717) is 10.0 Å². The number of nitrogen functional groups attached to an aromatic ring is 1. The van der Waals surface area contributed by atoms with Gasteiger partial charge in [0.15, 0.2) is 11.6 Å². The molecule has 5 heteroatoms. The molecule has 0 aliphatic heterocycles. The summed E-state index contributed by atoms with van der Waals surface area (Å²) in [6, 6.07) is 8.82. The number of rotatable bonds is 3. The van der Waals surface area contributed by atoms with Crippen LogP contribution in [0.2, 0.25) is 0 Å². The van der Waals surface area contributed by atoms with Crippen molar-refractivity contribution in [2.45, 2.75) is 6.61 Å². The maximum absolute atomic E-state index is 13.5. The van der Waals surface area contributed by atoms with E-state index < -0.39 is 11.6 Å². The number of hydrogen-bond donors (Lipinski definition) is 1. The van der Waals surface area contributed by atoms with Gasteiger partial charge in [0.2, 0.25) is 0 Å². The van der Waals surface area contributed by atoms with Crippen LogP contribution in [0.1, 0.15) is 5.56 Å². The molecule has 18 heavy (non-hydrogen) atoms. The van der Waals surface area contributed by atoms with Gasteiger partial charge in [0, 0.05) is 10.0 Å². The van der Waals surface area contributed by atoms with Gasteiger partial charge in [-0.05, 0) is 24.3 Å². The van der Waals surface area contributed by atoms with Crippen molar-refractivity contribution in [3.8, 4) is 5.75 Å². The molecule has 2 nitrogen and oxygen atoms in total. The highest BCUT2D eigenvalue weighted by Crippen LogP contribution is 2.26. The molecule has 0 bridgehead atoms. The highest BCUT2D eigenvalue weighted by Gasteiger charge is 2.09. The predicted octanol–water partition coefficient (Wildman–Crippen LogP) is 3.89. The summed E-state index contributed by atoms with van der Waals surface area (Å²) in [5.41, 5.74) is 6.10. The van der Waals surface area contributed by atoms with E-state index in [1.807, 2.05) is 0 Å².